The Morgan fingerprint density at radius 1 is 1.03 bits per heavy atom. The molecule has 0 spiro atoms. The minimum absolute atomic E-state index is 0.116. The smallest absolute Gasteiger partial charge is 0.322 e. The zero-order valence-electron chi connectivity index (χ0n) is 19.7. The molecule has 3 amide bonds. The Hall–Kier alpha value is -3.33. The van der Waals surface area contributed by atoms with Crippen molar-refractivity contribution in [1.29, 1.82) is 0 Å². The third kappa shape index (κ3) is 4.52. The summed E-state index contributed by atoms with van der Waals surface area (Å²) in [5.74, 6) is 0.863. The SMILES string of the molecule is COc1cc(CN2CCC([C@]3(Cc4ccccc4F)NC(=O)NC3=O)CC2)cc(OC)c1OC. The third-order valence-electron chi connectivity index (χ3n) is 6.81. The number of piperidine rings is 1. The lowest BCUT2D eigenvalue weighted by Crippen LogP contribution is -2.57. The molecule has 2 aromatic carbocycles. The lowest BCUT2D eigenvalue weighted by molar-refractivity contribution is -0.126. The first kappa shape index (κ1) is 23.8. The first-order valence-electron chi connectivity index (χ1n) is 11.3. The Labute approximate surface area is 198 Å². The Bertz CT molecular complexity index is 1050. The molecule has 2 fully saturated rings. The highest BCUT2D eigenvalue weighted by Crippen LogP contribution is 2.39. The summed E-state index contributed by atoms with van der Waals surface area (Å²) < 4.78 is 30.7. The number of carbonyl (C=O) groups excluding carboxylic acids is 2. The highest BCUT2D eigenvalue weighted by Gasteiger charge is 2.52. The number of hydrogen-bond acceptors (Lipinski definition) is 6. The molecule has 0 bridgehead atoms. The van der Waals surface area contributed by atoms with E-state index < -0.39 is 11.6 Å². The molecular formula is C25H30FN3O5. The van der Waals surface area contributed by atoms with Crippen LogP contribution in [0.4, 0.5) is 9.18 Å². The number of methoxy groups -OCH3 is 3. The van der Waals surface area contributed by atoms with Gasteiger partial charge in [0.2, 0.25) is 5.75 Å². The number of nitrogens with one attached hydrogen (secondary N) is 2. The number of imide groups is 1. The maximum Gasteiger partial charge on any atom is 0.322 e. The maximum atomic E-state index is 14.4. The van der Waals surface area contributed by atoms with Crippen LogP contribution in [0.5, 0.6) is 17.2 Å². The van der Waals surface area contributed by atoms with E-state index in [1.54, 1.807) is 39.5 Å². The predicted molar refractivity (Wildman–Crippen MR) is 124 cm³/mol. The van der Waals surface area contributed by atoms with Gasteiger partial charge in [-0.1, -0.05) is 18.2 Å². The van der Waals surface area contributed by atoms with Gasteiger partial charge in [-0.2, -0.15) is 0 Å². The van der Waals surface area contributed by atoms with Crippen molar-refractivity contribution in [1.82, 2.24) is 15.5 Å². The fourth-order valence-corrected chi connectivity index (χ4v) is 5.07. The monoisotopic (exact) mass is 471 g/mol. The molecule has 2 aromatic rings. The van der Waals surface area contributed by atoms with Crippen molar-refractivity contribution in [2.24, 2.45) is 5.92 Å². The predicted octanol–water partition coefficient (Wildman–Crippen LogP) is 2.88. The second-order valence-electron chi connectivity index (χ2n) is 8.73. The van der Waals surface area contributed by atoms with Gasteiger partial charge in [-0.25, -0.2) is 9.18 Å². The molecule has 0 aromatic heterocycles. The molecule has 0 aliphatic carbocycles. The molecule has 0 saturated carbocycles. The normalized spacial score (nSPS) is 21.2. The summed E-state index contributed by atoms with van der Waals surface area (Å²) in [6.07, 6.45) is 1.49. The number of nitrogens with zero attached hydrogens (tertiary/aromatic N) is 1. The highest BCUT2D eigenvalue weighted by molar-refractivity contribution is 6.07. The fraction of sp³-hybridized carbons (Fsp3) is 0.440. The van der Waals surface area contributed by atoms with Crippen molar-refractivity contribution in [3.8, 4) is 17.2 Å². The molecule has 34 heavy (non-hydrogen) atoms. The van der Waals surface area contributed by atoms with E-state index in [0.29, 0.717) is 42.2 Å². The minimum atomic E-state index is -1.15. The topological polar surface area (TPSA) is 89.1 Å². The molecule has 8 nitrogen and oxygen atoms in total. The molecule has 2 N–H and O–H groups in total. The third-order valence-corrected chi connectivity index (χ3v) is 6.81. The van der Waals surface area contributed by atoms with Crippen LogP contribution in [0.3, 0.4) is 0 Å². The Morgan fingerprint density at radius 3 is 2.21 bits per heavy atom. The summed E-state index contributed by atoms with van der Waals surface area (Å²) in [4.78, 5) is 27.3. The van der Waals surface area contributed by atoms with Crippen molar-refractivity contribution in [2.45, 2.75) is 31.3 Å². The summed E-state index contributed by atoms with van der Waals surface area (Å²) >= 11 is 0. The summed E-state index contributed by atoms with van der Waals surface area (Å²) in [7, 11) is 4.74. The van der Waals surface area contributed by atoms with Crippen LogP contribution in [0.25, 0.3) is 0 Å². The number of benzene rings is 2. The Morgan fingerprint density at radius 2 is 1.68 bits per heavy atom. The van der Waals surface area contributed by atoms with Gasteiger partial charge in [-0.3, -0.25) is 15.0 Å². The Balaban J connectivity index is 1.49. The highest BCUT2D eigenvalue weighted by atomic mass is 19.1. The van der Waals surface area contributed by atoms with Crippen LogP contribution in [0.1, 0.15) is 24.0 Å². The number of rotatable bonds is 8. The summed E-state index contributed by atoms with van der Waals surface area (Å²) in [6, 6.07) is 9.71. The number of likely N-dealkylation sites (tertiary alicyclic amines) is 1. The molecule has 1 atom stereocenters. The van der Waals surface area contributed by atoms with Crippen LogP contribution in [0, 0.1) is 11.7 Å². The molecule has 2 heterocycles. The van der Waals surface area contributed by atoms with Gasteiger partial charge in [0.1, 0.15) is 11.4 Å². The largest absolute Gasteiger partial charge is 0.493 e. The van der Waals surface area contributed by atoms with Crippen LogP contribution in [0.15, 0.2) is 36.4 Å². The van der Waals surface area contributed by atoms with Crippen LogP contribution in [-0.2, 0) is 17.8 Å². The van der Waals surface area contributed by atoms with Crippen molar-refractivity contribution < 1.29 is 28.2 Å². The first-order chi connectivity index (χ1) is 16.4. The number of hydrogen-bond donors (Lipinski definition) is 2. The van der Waals surface area contributed by atoms with E-state index in [4.69, 9.17) is 14.2 Å². The molecular weight excluding hydrogens is 441 g/mol. The van der Waals surface area contributed by atoms with E-state index in [-0.39, 0.29) is 24.1 Å². The number of amides is 3. The van der Waals surface area contributed by atoms with Gasteiger partial charge in [-0.15, -0.1) is 0 Å². The van der Waals surface area contributed by atoms with Crippen LogP contribution in [-0.4, -0.2) is 56.8 Å². The van der Waals surface area contributed by atoms with E-state index >= 15 is 0 Å². The standard InChI is InChI=1S/C25H30FN3O5/c1-32-20-12-16(13-21(33-2)22(20)34-3)15-29-10-8-18(9-11-29)25(23(30)27-24(31)28-25)14-17-6-4-5-7-19(17)26/h4-7,12-13,18H,8-11,14-15H2,1-3H3,(H2,27,28,30,31)/t25-/m0/s1. The quantitative estimate of drug-likeness (QED) is 0.576. The van der Waals surface area contributed by atoms with Crippen LogP contribution in [0.2, 0.25) is 0 Å². The molecule has 2 aliphatic heterocycles. The number of carbonyl (C=O) groups is 2. The van der Waals surface area contributed by atoms with Crippen molar-refractivity contribution >= 4 is 11.9 Å². The van der Waals surface area contributed by atoms with Gasteiger partial charge in [0.25, 0.3) is 5.91 Å². The average molecular weight is 472 g/mol. The molecule has 9 heteroatoms. The van der Waals surface area contributed by atoms with Gasteiger partial charge < -0.3 is 19.5 Å². The summed E-state index contributed by atoms with van der Waals surface area (Å²) in [5, 5.41) is 5.21. The number of halogens is 1. The molecule has 0 unspecified atom stereocenters. The van der Waals surface area contributed by atoms with Crippen molar-refractivity contribution in [3.05, 3.63) is 53.3 Å². The number of ether oxygens (including phenoxy) is 3. The first-order valence-corrected chi connectivity index (χ1v) is 11.3. The lowest BCUT2D eigenvalue weighted by atomic mass is 9.74. The Kier molecular flexibility index (Phi) is 6.92. The zero-order chi connectivity index (χ0) is 24.3. The van der Waals surface area contributed by atoms with Gasteiger partial charge in [0, 0.05) is 13.0 Å². The van der Waals surface area contributed by atoms with Gasteiger partial charge in [0.15, 0.2) is 11.5 Å². The van der Waals surface area contributed by atoms with E-state index in [9.17, 15) is 14.0 Å². The minimum Gasteiger partial charge on any atom is -0.493 e. The van der Waals surface area contributed by atoms with E-state index in [2.05, 4.69) is 15.5 Å². The van der Waals surface area contributed by atoms with Crippen LogP contribution < -0.4 is 24.8 Å². The summed E-state index contributed by atoms with van der Waals surface area (Å²) in [5.41, 5.74) is 0.276. The second kappa shape index (κ2) is 9.89. The molecule has 2 saturated heterocycles. The van der Waals surface area contributed by atoms with Gasteiger partial charge >= 0.3 is 6.03 Å². The maximum absolute atomic E-state index is 14.4. The van der Waals surface area contributed by atoms with Crippen molar-refractivity contribution in [3.63, 3.8) is 0 Å². The van der Waals surface area contributed by atoms with Crippen LogP contribution >= 0.6 is 0 Å². The van der Waals surface area contributed by atoms with E-state index in [1.807, 2.05) is 12.1 Å². The summed E-state index contributed by atoms with van der Waals surface area (Å²) in [6.45, 7) is 2.12. The molecule has 182 valence electrons. The lowest BCUT2D eigenvalue weighted by Gasteiger charge is -2.40. The number of urea groups is 1. The average Bonchev–Trinajstić information content (AvgIpc) is 3.13. The van der Waals surface area contributed by atoms with Gasteiger partial charge in [0.05, 0.1) is 21.3 Å². The van der Waals surface area contributed by atoms with E-state index in [1.165, 1.54) is 6.07 Å². The molecule has 2 aliphatic rings. The molecule has 4 rings (SSSR count). The van der Waals surface area contributed by atoms with E-state index in [0.717, 1.165) is 18.7 Å². The van der Waals surface area contributed by atoms with Crippen molar-refractivity contribution in [2.75, 3.05) is 34.4 Å². The fourth-order valence-electron chi connectivity index (χ4n) is 5.07. The second-order valence-corrected chi connectivity index (χ2v) is 8.73. The zero-order valence-corrected chi connectivity index (χ0v) is 19.7. The molecule has 0 radical (unpaired) electrons. The van der Waals surface area contributed by atoms with Gasteiger partial charge in [-0.05, 0) is 61.2 Å².